The number of hydrogen-bond donors (Lipinski definition) is 6. The smallest absolute Gasteiger partial charge is 0.298 e. The number of hydrogen-bond acceptors (Lipinski definition) is 16. The quantitative estimate of drug-likeness (QED) is 0.0311. The van der Waals surface area contributed by atoms with Gasteiger partial charge in [-0.2, -0.15) is 28.0 Å². The van der Waals surface area contributed by atoms with Crippen LogP contribution in [0.3, 0.4) is 0 Å². The van der Waals surface area contributed by atoms with E-state index in [0.29, 0.717) is 28.8 Å². The van der Waals surface area contributed by atoms with Crippen molar-refractivity contribution < 1.29 is 64.1 Å². The fraction of sp³-hybridized carbons (Fsp3) is 0.0526. The normalized spacial score (nSPS) is 11.5. The number of non-ortho nitro benzene ring substituents is 1. The van der Waals surface area contributed by atoms with Gasteiger partial charge in [0.25, 0.3) is 25.8 Å². The van der Waals surface area contributed by atoms with Gasteiger partial charge in [0.15, 0.2) is 17.1 Å². The van der Waals surface area contributed by atoms with E-state index in [0.717, 1.165) is 6.07 Å². The number of benzene rings is 5. The maximum absolute atomic E-state index is 12.7. The van der Waals surface area contributed by atoms with Gasteiger partial charge in [0.1, 0.15) is 22.0 Å². The summed E-state index contributed by atoms with van der Waals surface area (Å²) in [6.45, 7) is 3.17. The number of rotatable bonds is 11. The van der Waals surface area contributed by atoms with E-state index in [-0.39, 0.29) is 56.6 Å². The Labute approximate surface area is 362 Å². The Hall–Kier alpha value is -7.49. The summed E-state index contributed by atoms with van der Waals surface area (Å²) in [5.41, 5.74) is 0.795. The van der Waals surface area contributed by atoms with Crippen LogP contribution in [0.2, 0.25) is 0 Å². The van der Waals surface area contributed by atoms with Gasteiger partial charge in [-0.3, -0.25) is 19.4 Å². The number of phenolic OH excluding ortho intramolecular Hbond substituents is 2. The van der Waals surface area contributed by atoms with Crippen molar-refractivity contribution >= 4 is 54.3 Å². The third kappa shape index (κ3) is 10.3. The Balaban J connectivity index is 0.000000232. The molecule has 62 heavy (non-hydrogen) atoms. The molecule has 7 rings (SSSR count). The van der Waals surface area contributed by atoms with Crippen molar-refractivity contribution in [2.75, 3.05) is 4.72 Å². The molecule has 0 saturated heterocycles. The number of para-hydroxylation sites is 3. The Bertz CT molecular complexity index is 3040. The van der Waals surface area contributed by atoms with Gasteiger partial charge < -0.3 is 20.4 Å². The molecule has 0 aliphatic rings. The SMILES string of the molecule is Cc1nn(-c2ccccc2)c(O)c1N=Nc1cc(S(=O)(=O)Nc2ccccc2)ccc1O.Cc1nn(-c2ccccc2)c(O)c1N=Nc1cc([N+](=O)[O-])cc(S(=O)(=O)O)c1O.[Cr]. The minimum absolute atomic E-state index is 0. The first-order chi connectivity index (χ1) is 28.9. The Morgan fingerprint density at radius 1 is 0.645 bits per heavy atom. The van der Waals surface area contributed by atoms with Crippen LogP contribution in [0.15, 0.2) is 152 Å². The molecule has 0 spiro atoms. The molecule has 0 radical (unpaired) electrons. The Morgan fingerprint density at radius 2 is 1.11 bits per heavy atom. The number of aryl methyl sites for hydroxylation is 2. The third-order valence-electron chi connectivity index (χ3n) is 8.34. The molecule has 0 amide bonds. The minimum Gasteiger partial charge on any atom is -0.506 e. The number of sulfonamides is 1. The molecule has 21 nitrogen and oxygen atoms in total. The van der Waals surface area contributed by atoms with Crippen molar-refractivity contribution in [3.05, 3.63) is 143 Å². The van der Waals surface area contributed by atoms with E-state index in [1.165, 1.54) is 34.5 Å². The van der Waals surface area contributed by atoms with Crippen LogP contribution in [0.5, 0.6) is 23.3 Å². The molecule has 0 atom stereocenters. The van der Waals surface area contributed by atoms with Crippen LogP contribution in [0, 0.1) is 24.0 Å². The zero-order valence-corrected chi connectivity index (χ0v) is 34.9. The van der Waals surface area contributed by atoms with E-state index < -0.39 is 53.0 Å². The van der Waals surface area contributed by atoms with Crippen LogP contribution >= 0.6 is 0 Å². The summed E-state index contributed by atoms with van der Waals surface area (Å²) in [7, 11) is -8.88. The van der Waals surface area contributed by atoms with Crippen LogP contribution in [-0.4, -0.2) is 66.3 Å². The third-order valence-corrected chi connectivity index (χ3v) is 10.6. The largest absolute Gasteiger partial charge is 0.506 e. The van der Waals surface area contributed by atoms with Gasteiger partial charge in [-0.1, -0.05) is 54.6 Å². The van der Waals surface area contributed by atoms with Crippen molar-refractivity contribution in [2.24, 2.45) is 20.5 Å². The Morgan fingerprint density at radius 3 is 1.58 bits per heavy atom. The minimum atomic E-state index is -4.97. The molecule has 2 heterocycles. The molecule has 0 bridgehead atoms. The second kappa shape index (κ2) is 18.8. The first kappa shape index (κ1) is 45.6. The van der Waals surface area contributed by atoms with E-state index in [9.17, 15) is 47.4 Å². The molecule has 0 aliphatic carbocycles. The van der Waals surface area contributed by atoms with Gasteiger partial charge in [0.05, 0.1) is 32.6 Å². The molecule has 6 N–H and O–H groups in total. The number of nitro groups is 1. The molecule has 2 aromatic heterocycles. The van der Waals surface area contributed by atoms with Crippen molar-refractivity contribution in [2.45, 2.75) is 23.6 Å². The predicted molar refractivity (Wildman–Crippen MR) is 218 cm³/mol. The second-order valence-corrected chi connectivity index (χ2v) is 15.6. The molecular weight excluding hydrogens is 889 g/mol. The number of phenols is 2. The van der Waals surface area contributed by atoms with Crippen molar-refractivity contribution in [3.8, 4) is 34.6 Å². The predicted octanol–water partition coefficient (Wildman–Crippen LogP) is 7.97. The number of aromatic hydroxyl groups is 4. The summed E-state index contributed by atoms with van der Waals surface area (Å²) in [5, 5.41) is 75.8. The van der Waals surface area contributed by atoms with Gasteiger partial charge in [-0.15, -0.1) is 20.5 Å². The molecule has 0 unspecified atom stereocenters. The first-order valence-corrected chi connectivity index (χ1v) is 20.3. The molecule has 0 fully saturated rings. The summed E-state index contributed by atoms with van der Waals surface area (Å²) in [6, 6.07) is 30.9. The zero-order valence-electron chi connectivity index (χ0n) is 32.0. The average Bonchev–Trinajstić information content (AvgIpc) is 3.68. The number of anilines is 1. The summed E-state index contributed by atoms with van der Waals surface area (Å²) < 4.78 is 62.2. The number of nitrogens with zero attached hydrogens (tertiary/aromatic N) is 9. The maximum Gasteiger partial charge on any atom is 0.298 e. The van der Waals surface area contributed by atoms with Gasteiger partial charge in [-0.25, -0.2) is 8.42 Å². The molecule has 5 aromatic carbocycles. The van der Waals surface area contributed by atoms with Gasteiger partial charge in [0, 0.05) is 35.2 Å². The number of aromatic nitrogens is 4. The first-order valence-electron chi connectivity index (χ1n) is 17.4. The van der Waals surface area contributed by atoms with Crippen LogP contribution in [0.25, 0.3) is 11.4 Å². The standard InChI is InChI=1S/C22H19N5O4S.C16H13N5O7S.Cr/c1-15-21(22(29)27(25-15)17-10-6-3-7-11-17)24-23-19-14-18(12-13-20(19)28)32(30,31)26-16-8-4-2-5-9-16;1-9-14(16(23)20(19-9)10-5-3-2-4-6-10)18-17-12-7-11(21(24)25)8-13(15(12)22)29(26,27)28;/h2-14,26,28-29H,1H3;2-8,22-23H,1H3,(H,26,27,28);. The molecule has 24 heteroatoms. The molecule has 318 valence electrons. The summed E-state index contributed by atoms with van der Waals surface area (Å²) >= 11 is 0. The molecule has 0 saturated carbocycles. The fourth-order valence-electron chi connectivity index (χ4n) is 5.38. The van der Waals surface area contributed by atoms with Gasteiger partial charge in [-0.05, 0) is 68.4 Å². The number of nitro benzene ring substituents is 1. The van der Waals surface area contributed by atoms with Crippen molar-refractivity contribution in [1.82, 2.24) is 19.6 Å². The van der Waals surface area contributed by atoms with Crippen molar-refractivity contribution in [3.63, 3.8) is 0 Å². The van der Waals surface area contributed by atoms with E-state index in [2.05, 4.69) is 35.4 Å². The van der Waals surface area contributed by atoms with E-state index in [4.69, 9.17) is 4.55 Å². The second-order valence-electron chi connectivity index (χ2n) is 12.6. The summed E-state index contributed by atoms with van der Waals surface area (Å²) in [6.07, 6.45) is 0. The average molecular weight is 921 g/mol. The van der Waals surface area contributed by atoms with E-state index >= 15 is 0 Å². The van der Waals surface area contributed by atoms with E-state index in [1.54, 1.807) is 91.9 Å². The maximum atomic E-state index is 12.7. The molecular formula is C38H32CrN10O11S2. The Kier molecular flexibility index (Phi) is 13.9. The number of nitrogens with one attached hydrogen (secondary N) is 1. The molecule has 7 aromatic rings. The zero-order chi connectivity index (χ0) is 44.1. The number of azo groups is 2. The summed E-state index contributed by atoms with van der Waals surface area (Å²) in [4.78, 5) is 8.88. The van der Waals surface area contributed by atoms with Gasteiger partial charge in [0.2, 0.25) is 11.8 Å². The van der Waals surface area contributed by atoms with Crippen LogP contribution in [0.4, 0.5) is 34.1 Å². The van der Waals surface area contributed by atoms with Crippen LogP contribution in [0.1, 0.15) is 11.4 Å². The monoisotopic (exact) mass is 920 g/mol. The van der Waals surface area contributed by atoms with Crippen LogP contribution < -0.4 is 4.72 Å². The topological polar surface area (TPSA) is 310 Å². The fourth-order valence-corrected chi connectivity index (χ4v) is 7.08. The van der Waals surface area contributed by atoms with Crippen molar-refractivity contribution in [1.29, 1.82) is 0 Å². The van der Waals surface area contributed by atoms with Crippen LogP contribution in [-0.2, 0) is 37.5 Å². The van der Waals surface area contributed by atoms with E-state index in [1.807, 2.05) is 6.07 Å². The van der Waals surface area contributed by atoms with Gasteiger partial charge >= 0.3 is 0 Å². The summed E-state index contributed by atoms with van der Waals surface area (Å²) in [5.74, 6) is -1.92. The molecule has 0 aliphatic heterocycles.